The Morgan fingerprint density at radius 3 is 2.72 bits per heavy atom. The van der Waals surface area contributed by atoms with Crippen molar-refractivity contribution in [3.05, 3.63) is 10.8 Å². The lowest BCUT2D eigenvalue weighted by Crippen LogP contribution is -2.33. The fourth-order valence-corrected chi connectivity index (χ4v) is 2.64. The second-order valence-corrected chi connectivity index (χ2v) is 5.38. The second kappa shape index (κ2) is 6.31. The van der Waals surface area contributed by atoms with Gasteiger partial charge in [-0.15, -0.1) is 0 Å². The molecular formula is C11H19BrN6. The van der Waals surface area contributed by atoms with Crippen molar-refractivity contribution in [3.63, 3.8) is 0 Å². The third-order valence-electron chi connectivity index (χ3n) is 3.04. The van der Waals surface area contributed by atoms with Gasteiger partial charge in [0.05, 0.1) is 0 Å². The van der Waals surface area contributed by atoms with E-state index in [1.807, 2.05) is 0 Å². The van der Waals surface area contributed by atoms with E-state index in [-0.39, 0.29) is 0 Å². The van der Waals surface area contributed by atoms with E-state index >= 15 is 0 Å². The molecule has 0 aromatic carbocycles. The lowest BCUT2D eigenvalue weighted by Gasteiger charge is -2.22. The standard InChI is InChI=1S/C11H19BrN6/c1-8(6-18-4-2-3-5-18)16-10-9(12)11(17-13)15-7-14-10/h7-8H,2-6,13H2,1H3,(H2,14,15,16,17). The normalized spacial score (nSPS) is 17.7. The molecule has 0 saturated carbocycles. The lowest BCUT2D eigenvalue weighted by atomic mass is 10.3. The van der Waals surface area contributed by atoms with E-state index in [1.165, 1.54) is 32.3 Å². The molecule has 1 unspecified atom stereocenters. The van der Waals surface area contributed by atoms with Crippen molar-refractivity contribution >= 4 is 27.6 Å². The molecule has 1 saturated heterocycles. The van der Waals surface area contributed by atoms with Crippen molar-refractivity contribution in [3.8, 4) is 0 Å². The molecule has 100 valence electrons. The molecule has 0 spiro atoms. The number of likely N-dealkylation sites (tertiary alicyclic amines) is 1. The quantitative estimate of drug-likeness (QED) is 0.563. The highest BCUT2D eigenvalue weighted by molar-refractivity contribution is 9.10. The zero-order chi connectivity index (χ0) is 13.0. The number of halogens is 1. The number of nitrogens with zero attached hydrogens (tertiary/aromatic N) is 3. The summed E-state index contributed by atoms with van der Waals surface area (Å²) in [6.45, 7) is 5.59. The number of hydrazine groups is 1. The van der Waals surface area contributed by atoms with Crippen LogP contribution in [0.15, 0.2) is 10.8 Å². The molecule has 1 aliphatic heterocycles. The maximum absolute atomic E-state index is 5.38. The number of rotatable bonds is 5. The van der Waals surface area contributed by atoms with E-state index in [2.05, 4.69) is 48.5 Å². The van der Waals surface area contributed by atoms with Gasteiger partial charge < -0.3 is 15.6 Å². The Kier molecular flexibility index (Phi) is 4.73. The molecule has 0 amide bonds. The Balaban J connectivity index is 1.95. The smallest absolute Gasteiger partial charge is 0.159 e. The fraction of sp³-hybridized carbons (Fsp3) is 0.636. The topological polar surface area (TPSA) is 79.1 Å². The summed E-state index contributed by atoms with van der Waals surface area (Å²) in [7, 11) is 0. The largest absolute Gasteiger partial charge is 0.365 e. The highest BCUT2D eigenvalue weighted by Gasteiger charge is 2.16. The molecule has 0 radical (unpaired) electrons. The Morgan fingerprint density at radius 1 is 1.39 bits per heavy atom. The van der Waals surface area contributed by atoms with E-state index in [0.29, 0.717) is 11.9 Å². The summed E-state index contributed by atoms with van der Waals surface area (Å²) in [5.74, 6) is 6.73. The number of nitrogens with two attached hydrogens (primary N) is 1. The first-order chi connectivity index (χ1) is 8.70. The van der Waals surface area contributed by atoms with Crippen LogP contribution >= 0.6 is 15.9 Å². The van der Waals surface area contributed by atoms with Gasteiger partial charge in [-0.2, -0.15) is 0 Å². The average molecular weight is 315 g/mol. The molecule has 0 aliphatic carbocycles. The Morgan fingerprint density at radius 2 is 2.06 bits per heavy atom. The van der Waals surface area contributed by atoms with Gasteiger partial charge in [0.1, 0.15) is 16.6 Å². The highest BCUT2D eigenvalue weighted by atomic mass is 79.9. The Hall–Kier alpha value is -0.920. The summed E-state index contributed by atoms with van der Waals surface area (Å²) in [6, 6.07) is 0.333. The first kappa shape index (κ1) is 13.5. The van der Waals surface area contributed by atoms with E-state index < -0.39 is 0 Å². The van der Waals surface area contributed by atoms with Crippen LogP contribution in [0.3, 0.4) is 0 Å². The van der Waals surface area contributed by atoms with Crippen LogP contribution in [0.2, 0.25) is 0 Å². The number of hydrogen-bond donors (Lipinski definition) is 3. The summed E-state index contributed by atoms with van der Waals surface area (Å²) >= 11 is 3.44. The minimum atomic E-state index is 0.333. The zero-order valence-corrected chi connectivity index (χ0v) is 12.1. The van der Waals surface area contributed by atoms with Gasteiger partial charge in [-0.05, 0) is 48.8 Å². The van der Waals surface area contributed by atoms with Gasteiger partial charge in [0.2, 0.25) is 0 Å². The molecule has 0 bridgehead atoms. The molecule has 1 aliphatic rings. The van der Waals surface area contributed by atoms with Gasteiger partial charge in [0, 0.05) is 12.6 Å². The maximum atomic E-state index is 5.38. The molecule has 2 rings (SSSR count). The predicted octanol–water partition coefficient (Wildman–Crippen LogP) is 1.42. The van der Waals surface area contributed by atoms with Crippen molar-refractivity contribution in [1.29, 1.82) is 0 Å². The van der Waals surface area contributed by atoms with Crippen molar-refractivity contribution in [2.45, 2.75) is 25.8 Å². The summed E-state index contributed by atoms with van der Waals surface area (Å²) in [4.78, 5) is 10.7. The first-order valence-electron chi connectivity index (χ1n) is 6.16. The predicted molar refractivity (Wildman–Crippen MR) is 76.3 cm³/mol. The monoisotopic (exact) mass is 314 g/mol. The molecule has 18 heavy (non-hydrogen) atoms. The minimum Gasteiger partial charge on any atom is -0.365 e. The summed E-state index contributed by atoms with van der Waals surface area (Å²) in [5.41, 5.74) is 2.53. The zero-order valence-electron chi connectivity index (χ0n) is 10.5. The van der Waals surface area contributed by atoms with Gasteiger partial charge in [-0.1, -0.05) is 0 Å². The van der Waals surface area contributed by atoms with Gasteiger partial charge in [0.15, 0.2) is 5.82 Å². The molecule has 6 nitrogen and oxygen atoms in total. The summed E-state index contributed by atoms with van der Waals surface area (Å²) in [5, 5.41) is 3.38. The molecule has 7 heteroatoms. The molecule has 1 fully saturated rings. The van der Waals surface area contributed by atoms with Crippen LogP contribution in [0, 0.1) is 0 Å². The van der Waals surface area contributed by atoms with Crippen LogP contribution in [0.5, 0.6) is 0 Å². The highest BCUT2D eigenvalue weighted by Crippen LogP contribution is 2.26. The third kappa shape index (κ3) is 3.30. The molecule has 1 aromatic rings. The maximum Gasteiger partial charge on any atom is 0.159 e. The number of anilines is 2. The van der Waals surface area contributed by atoms with Gasteiger partial charge in [-0.3, -0.25) is 0 Å². The van der Waals surface area contributed by atoms with E-state index in [1.54, 1.807) is 0 Å². The molecule has 1 aromatic heterocycles. The van der Waals surface area contributed by atoms with Crippen molar-refractivity contribution < 1.29 is 0 Å². The van der Waals surface area contributed by atoms with Gasteiger partial charge in [-0.25, -0.2) is 15.8 Å². The molecular weight excluding hydrogens is 296 g/mol. The number of aromatic nitrogens is 2. The van der Waals surface area contributed by atoms with Crippen LogP contribution in [0.4, 0.5) is 11.6 Å². The van der Waals surface area contributed by atoms with Crippen molar-refractivity contribution in [1.82, 2.24) is 14.9 Å². The van der Waals surface area contributed by atoms with Gasteiger partial charge >= 0.3 is 0 Å². The van der Waals surface area contributed by atoms with Crippen molar-refractivity contribution in [2.75, 3.05) is 30.4 Å². The van der Waals surface area contributed by atoms with E-state index in [0.717, 1.165) is 16.8 Å². The van der Waals surface area contributed by atoms with E-state index in [9.17, 15) is 0 Å². The molecule has 1 atom stereocenters. The number of hydrogen-bond acceptors (Lipinski definition) is 6. The van der Waals surface area contributed by atoms with Crippen LogP contribution in [-0.4, -0.2) is 40.5 Å². The van der Waals surface area contributed by atoms with E-state index in [4.69, 9.17) is 5.84 Å². The van der Waals surface area contributed by atoms with Crippen LogP contribution in [-0.2, 0) is 0 Å². The summed E-state index contributed by atoms with van der Waals surface area (Å²) < 4.78 is 0.765. The fourth-order valence-electron chi connectivity index (χ4n) is 2.20. The number of nitrogen functional groups attached to an aromatic ring is 1. The Labute approximate surface area is 115 Å². The van der Waals surface area contributed by atoms with Crippen molar-refractivity contribution in [2.24, 2.45) is 5.84 Å². The van der Waals surface area contributed by atoms with Gasteiger partial charge in [0.25, 0.3) is 0 Å². The van der Waals surface area contributed by atoms with Crippen LogP contribution in [0.1, 0.15) is 19.8 Å². The SMILES string of the molecule is CC(CN1CCCC1)Nc1ncnc(NN)c1Br. The van der Waals surface area contributed by atoms with Crippen LogP contribution in [0.25, 0.3) is 0 Å². The lowest BCUT2D eigenvalue weighted by molar-refractivity contribution is 0.327. The third-order valence-corrected chi connectivity index (χ3v) is 3.79. The Bertz CT molecular complexity index is 393. The number of nitrogens with one attached hydrogen (secondary N) is 2. The second-order valence-electron chi connectivity index (χ2n) is 4.58. The minimum absolute atomic E-state index is 0.333. The molecule has 2 heterocycles. The summed E-state index contributed by atoms with van der Waals surface area (Å²) in [6.07, 6.45) is 4.11. The molecule has 4 N–H and O–H groups in total. The average Bonchev–Trinajstić information content (AvgIpc) is 2.84. The first-order valence-corrected chi connectivity index (χ1v) is 6.96. The van der Waals surface area contributed by atoms with Crippen LogP contribution < -0.4 is 16.6 Å².